The van der Waals surface area contributed by atoms with Crippen LogP contribution in [0.1, 0.15) is 16.7 Å². The van der Waals surface area contributed by atoms with Gasteiger partial charge in [-0.15, -0.1) is 13.0 Å². The van der Waals surface area contributed by atoms with Crippen LogP contribution in [-0.4, -0.2) is 19.5 Å². The molecular formula is C20H22ClNO2SW. The van der Waals surface area contributed by atoms with Gasteiger partial charge in [0.05, 0.1) is 7.11 Å². The van der Waals surface area contributed by atoms with Crippen LogP contribution in [0.3, 0.4) is 0 Å². The Labute approximate surface area is 181 Å². The zero-order valence-electron chi connectivity index (χ0n) is 14.9. The number of rotatable bonds is 6. The molecule has 0 radical (unpaired) electrons. The number of aryl methyl sites for hydroxylation is 2. The molecule has 0 heterocycles. The van der Waals surface area contributed by atoms with Crippen molar-refractivity contribution in [1.82, 2.24) is 0 Å². The molecule has 0 aliphatic heterocycles. The third-order valence-corrected chi connectivity index (χ3v) is 3.98. The number of methoxy groups -OCH3 is 1. The van der Waals surface area contributed by atoms with Gasteiger partial charge >= 0.3 is 21.1 Å². The molecule has 0 spiro atoms. The van der Waals surface area contributed by atoms with Gasteiger partial charge in [-0.05, 0) is 42.7 Å². The zero-order chi connectivity index (χ0) is 18.7. The van der Waals surface area contributed by atoms with Crippen LogP contribution >= 0.6 is 11.6 Å². The molecule has 0 unspecified atom stereocenters. The maximum absolute atomic E-state index is 7.05. The predicted molar refractivity (Wildman–Crippen MR) is 107 cm³/mol. The van der Waals surface area contributed by atoms with E-state index in [4.69, 9.17) is 45.9 Å². The zero-order valence-corrected chi connectivity index (χ0v) is 19.4. The van der Waals surface area contributed by atoms with E-state index >= 15 is 0 Å². The second kappa shape index (κ2) is 14.0. The molecular weight excluding hydrogens is 538 g/mol. The smallest absolute Gasteiger partial charge is 0.792 e. The summed E-state index contributed by atoms with van der Waals surface area (Å²) in [6.07, 6.45) is 5.98. The Kier molecular flexibility index (Phi) is 13.4. The first-order valence-electron chi connectivity index (χ1n) is 7.76. The van der Waals surface area contributed by atoms with Crippen LogP contribution in [0.4, 0.5) is 0 Å². The Morgan fingerprint density at radius 3 is 2.38 bits per heavy atom. The Morgan fingerprint density at radius 2 is 1.85 bits per heavy atom. The van der Waals surface area contributed by atoms with Crippen molar-refractivity contribution in [3.8, 4) is 23.8 Å². The van der Waals surface area contributed by atoms with E-state index < -0.39 is 0 Å². The van der Waals surface area contributed by atoms with Gasteiger partial charge in [-0.2, -0.15) is 5.75 Å². The second-order valence-corrected chi connectivity index (χ2v) is 6.01. The van der Waals surface area contributed by atoms with Gasteiger partial charge in [0.15, 0.2) is 11.5 Å². The fourth-order valence-corrected chi connectivity index (χ4v) is 2.41. The normalized spacial score (nSPS) is 9.23. The standard InChI is InChI=1S/C12H14O2S.C8H9ClN.W/c1-3-7-14-11-5-4-10(6-8-15)9-12(11)13-2;1-6-2-3-7(5-10)4-8(6)9;/h1,4-5,9,15H,6-8H2,2H3;2-4,10H,5H2,1H3;/q;-1;+2/p-1. The molecule has 2 aromatic rings. The average Bonchev–Trinajstić information content (AvgIpc) is 2.63. The molecule has 3 nitrogen and oxygen atoms in total. The van der Waals surface area contributed by atoms with Gasteiger partial charge in [-0.1, -0.05) is 41.3 Å². The minimum atomic E-state index is 0. The van der Waals surface area contributed by atoms with Crippen molar-refractivity contribution in [1.29, 1.82) is 0 Å². The molecule has 138 valence electrons. The molecule has 0 bridgehead atoms. The Hall–Kier alpha value is -1.11. The molecule has 0 aromatic heterocycles. The minimum Gasteiger partial charge on any atom is -0.792 e. The summed E-state index contributed by atoms with van der Waals surface area (Å²) in [5.41, 5.74) is 10.2. The Morgan fingerprint density at radius 1 is 1.15 bits per heavy atom. The Balaban J connectivity index is 0.000000497. The maximum atomic E-state index is 7.05. The van der Waals surface area contributed by atoms with Crippen molar-refractivity contribution in [2.45, 2.75) is 19.9 Å². The van der Waals surface area contributed by atoms with Crippen LogP contribution in [0.15, 0.2) is 36.4 Å². The van der Waals surface area contributed by atoms with E-state index in [0.717, 1.165) is 28.1 Å². The molecule has 0 saturated carbocycles. The number of terminal acetylenes is 1. The van der Waals surface area contributed by atoms with Gasteiger partial charge in [0.2, 0.25) is 0 Å². The largest absolute Gasteiger partial charge is 2.00 e. The van der Waals surface area contributed by atoms with Gasteiger partial charge in [0.1, 0.15) is 6.61 Å². The van der Waals surface area contributed by atoms with E-state index in [0.29, 0.717) is 23.8 Å². The first-order chi connectivity index (χ1) is 12.0. The average molecular weight is 560 g/mol. The van der Waals surface area contributed by atoms with Crippen LogP contribution in [0.25, 0.3) is 5.73 Å². The van der Waals surface area contributed by atoms with Gasteiger partial charge < -0.3 is 27.8 Å². The second-order valence-electron chi connectivity index (χ2n) is 5.19. The summed E-state index contributed by atoms with van der Waals surface area (Å²) in [6, 6.07) is 11.5. The number of nitrogens with one attached hydrogen (secondary N) is 1. The van der Waals surface area contributed by atoms with Gasteiger partial charge in [-0.25, -0.2) is 0 Å². The summed E-state index contributed by atoms with van der Waals surface area (Å²) < 4.78 is 10.5. The molecule has 0 atom stereocenters. The summed E-state index contributed by atoms with van der Waals surface area (Å²) >= 11 is 10.7. The van der Waals surface area contributed by atoms with E-state index in [2.05, 4.69) is 5.92 Å². The van der Waals surface area contributed by atoms with E-state index in [1.165, 1.54) is 0 Å². The number of halogens is 1. The number of hydrogen-bond donors (Lipinski definition) is 0. The molecule has 0 aliphatic rings. The molecule has 0 aliphatic carbocycles. The van der Waals surface area contributed by atoms with E-state index in [9.17, 15) is 0 Å². The molecule has 26 heavy (non-hydrogen) atoms. The number of ether oxygens (including phenoxy) is 2. The Bertz CT molecular complexity index is 719. The first kappa shape index (κ1) is 24.9. The van der Waals surface area contributed by atoms with Gasteiger partial charge in [-0.3, -0.25) is 0 Å². The van der Waals surface area contributed by atoms with Crippen molar-refractivity contribution < 1.29 is 30.5 Å². The van der Waals surface area contributed by atoms with Crippen molar-refractivity contribution in [2.75, 3.05) is 19.5 Å². The van der Waals surface area contributed by atoms with E-state index in [1.54, 1.807) is 7.11 Å². The van der Waals surface area contributed by atoms with Crippen LogP contribution in [0, 0.1) is 19.3 Å². The van der Waals surface area contributed by atoms with Crippen molar-refractivity contribution in [3.63, 3.8) is 0 Å². The molecule has 1 N–H and O–H groups in total. The summed E-state index contributed by atoms with van der Waals surface area (Å²) in [4.78, 5) is 0. The van der Waals surface area contributed by atoms with Crippen LogP contribution < -0.4 is 9.47 Å². The summed E-state index contributed by atoms with van der Waals surface area (Å²) in [6.45, 7) is 2.51. The van der Waals surface area contributed by atoms with E-state index in [-0.39, 0.29) is 27.7 Å². The predicted octanol–water partition coefficient (Wildman–Crippen LogP) is 4.99. The molecule has 6 heteroatoms. The fraction of sp³-hybridized carbons (Fsp3) is 0.300. The maximum Gasteiger partial charge on any atom is 2.00 e. The van der Waals surface area contributed by atoms with Crippen molar-refractivity contribution >= 4 is 24.2 Å². The molecule has 2 aromatic carbocycles. The third kappa shape index (κ3) is 8.51. The van der Waals surface area contributed by atoms with Crippen molar-refractivity contribution in [2.24, 2.45) is 0 Å². The SMILES string of the molecule is C#CCOc1ccc(CC[S-])cc1OC.Cc1ccc(C[NH-])cc1Cl.[W+2]. The van der Waals surface area contributed by atoms with Crippen LogP contribution in [0.5, 0.6) is 11.5 Å². The van der Waals surface area contributed by atoms with Gasteiger partial charge in [0, 0.05) is 5.02 Å². The summed E-state index contributed by atoms with van der Waals surface area (Å²) in [5, 5.41) is 0.754. The van der Waals surface area contributed by atoms with Gasteiger partial charge in [0.25, 0.3) is 0 Å². The molecule has 0 fully saturated rings. The molecule has 2 rings (SSSR count). The van der Waals surface area contributed by atoms with Crippen molar-refractivity contribution in [3.05, 3.63) is 63.8 Å². The third-order valence-electron chi connectivity index (χ3n) is 3.37. The first-order valence-corrected chi connectivity index (χ1v) is 8.72. The summed E-state index contributed by atoms with van der Waals surface area (Å²) in [5.74, 6) is 4.49. The topological polar surface area (TPSA) is 42.3 Å². The quantitative estimate of drug-likeness (QED) is 0.370. The van der Waals surface area contributed by atoms with Crippen LogP contribution in [0.2, 0.25) is 5.02 Å². The molecule has 0 saturated heterocycles. The minimum absolute atomic E-state index is 0. The summed E-state index contributed by atoms with van der Waals surface area (Å²) in [7, 11) is 1.61. The number of benzene rings is 2. The van der Waals surface area contributed by atoms with E-state index in [1.807, 2.05) is 43.3 Å². The number of hydrogen-bond acceptors (Lipinski definition) is 3. The fourth-order valence-electron chi connectivity index (χ4n) is 1.97. The monoisotopic (exact) mass is 559 g/mol. The van der Waals surface area contributed by atoms with Crippen LogP contribution in [-0.2, 0) is 46.7 Å². The molecule has 0 amide bonds.